The number of phenols is 1. The number of carboxylic acid groups (broad SMARTS) is 1. The number of aliphatic hydroxyl groups excluding tert-OH is 1. The molecule has 26 heavy (non-hydrogen) atoms. The molecule has 2 aliphatic rings. The fraction of sp³-hybridized carbons (Fsp3) is 0.412. The van der Waals surface area contributed by atoms with Crippen LogP contribution in [0.1, 0.15) is 6.04 Å². The minimum Gasteiger partial charge on any atom is -0.508 e. The van der Waals surface area contributed by atoms with Gasteiger partial charge < -0.3 is 34.1 Å². The Bertz CT molecular complexity index is 763. The molecule has 0 unspecified atom stereocenters. The van der Waals surface area contributed by atoms with Crippen molar-refractivity contribution >= 4 is 6.47 Å². The van der Waals surface area contributed by atoms with E-state index < -0.39 is 6.10 Å². The summed E-state index contributed by atoms with van der Waals surface area (Å²) in [7, 11) is 1.58. The van der Waals surface area contributed by atoms with E-state index in [-0.39, 0.29) is 37.1 Å². The number of rotatable bonds is 3. The van der Waals surface area contributed by atoms with Crippen LogP contribution in [0.5, 0.6) is 11.5 Å². The second-order valence-corrected chi connectivity index (χ2v) is 5.88. The molecule has 9 heteroatoms. The third-order valence-corrected chi connectivity index (χ3v) is 4.45. The maximum Gasteiger partial charge on any atom is 0.290 e. The van der Waals surface area contributed by atoms with Crippen molar-refractivity contribution in [1.29, 1.82) is 0 Å². The van der Waals surface area contributed by atoms with Crippen LogP contribution in [0, 0.1) is 0 Å². The second kappa shape index (κ2) is 7.73. The number of fused-ring (bicyclic) bond motifs is 1. The quantitative estimate of drug-likeness (QED) is 0.679. The van der Waals surface area contributed by atoms with Crippen molar-refractivity contribution in [2.24, 2.45) is 0 Å². The van der Waals surface area contributed by atoms with Crippen LogP contribution in [-0.4, -0.2) is 70.0 Å². The highest BCUT2D eigenvalue weighted by molar-refractivity contribution is 5.66. The normalized spacial score (nSPS) is 26.7. The number of ether oxygens (including phenoxy) is 3. The van der Waals surface area contributed by atoms with Crippen molar-refractivity contribution in [1.82, 2.24) is 9.55 Å². The summed E-state index contributed by atoms with van der Waals surface area (Å²) in [6.45, 7) is 0.474. The molecule has 0 aliphatic carbocycles. The monoisotopic (exact) mass is 364 g/mol. The molecule has 140 valence electrons. The fourth-order valence-electron chi connectivity index (χ4n) is 3.36. The molecule has 1 aromatic heterocycles. The van der Waals surface area contributed by atoms with Gasteiger partial charge >= 0.3 is 0 Å². The topological polar surface area (TPSA) is 123 Å². The average molecular weight is 364 g/mol. The number of nitrogens with zero attached hydrogens (tertiary/aromatic N) is 2. The van der Waals surface area contributed by atoms with Crippen LogP contribution in [0.25, 0.3) is 11.4 Å². The summed E-state index contributed by atoms with van der Waals surface area (Å²) in [6, 6.07) is 4.81. The number of methoxy groups -OCH3 is 1. The number of imidazole rings is 1. The molecule has 4 rings (SSSR count). The van der Waals surface area contributed by atoms with E-state index in [0.717, 1.165) is 0 Å². The Hall–Kier alpha value is -2.62. The molecular weight excluding hydrogens is 344 g/mol. The van der Waals surface area contributed by atoms with Crippen molar-refractivity contribution in [3.63, 3.8) is 0 Å². The molecule has 0 radical (unpaired) electrons. The van der Waals surface area contributed by atoms with E-state index in [4.69, 9.17) is 24.1 Å². The number of aromatic nitrogens is 2. The first-order chi connectivity index (χ1) is 12.6. The summed E-state index contributed by atoms with van der Waals surface area (Å²) >= 11 is 0. The summed E-state index contributed by atoms with van der Waals surface area (Å²) in [5.41, 5.74) is 0.694. The van der Waals surface area contributed by atoms with Crippen LogP contribution in [0.4, 0.5) is 0 Å². The molecule has 2 aliphatic heterocycles. The van der Waals surface area contributed by atoms with Crippen molar-refractivity contribution < 1.29 is 34.3 Å². The largest absolute Gasteiger partial charge is 0.508 e. The zero-order valence-electron chi connectivity index (χ0n) is 14.1. The first kappa shape index (κ1) is 18.2. The van der Waals surface area contributed by atoms with E-state index in [2.05, 4.69) is 4.98 Å². The van der Waals surface area contributed by atoms with Gasteiger partial charge in [0.2, 0.25) is 0 Å². The Labute approximate surface area is 149 Å². The molecule has 0 amide bonds. The van der Waals surface area contributed by atoms with Gasteiger partial charge in [-0.25, -0.2) is 4.98 Å². The standard InChI is InChI=1S/C16H18N2O5.CH2O2/c1-21-13-3-2-9(19)6-10(13)16-17-4-5-18(16)11-7-22-15-12(20)8-23-14(11)15;2-1-3/h2-6,11-12,14-15,19-20H,7-8H2,1H3;1H,(H,2,3)/t11-,12-,14-,15-;/m1./s1. The van der Waals surface area contributed by atoms with E-state index in [0.29, 0.717) is 23.7 Å². The number of hydrogen-bond acceptors (Lipinski definition) is 7. The summed E-state index contributed by atoms with van der Waals surface area (Å²) in [5.74, 6) is 1.43. The van der Waals surface area contributed by atoms with Gasteiger partial charge in [0.05, 0.1) is 31.9 Å². The maximum atomic E-state index is 9.89. The van der Waals surface area contributed by atoms with Crippen LogP contribution in [-0.2, 0) is 14.3 Å². The second-order valence-electron chi connectivity index (χ2n) is 5.88. The Kier molecular flexibility index (Phi) is 5.40. The molecule has 2 saturated heterocycles. The number of aliphatic hydroxyl groups is 1. The Morgan fingerprint density at radius 3 is 2.77 bits per heavy atom. The molecule has 0 bridgehead atoms. The van der Waals surface area contributed by atoms with Gasteiger partial charge in [0.25, 0.3) is 6.47 Å². The summed E-state index contributed by atoms with van der Waals surface area (Å²) in [6.07, 6.45) is 2.44. The molecule has 4 atom stereocenters. The molecule has 3 N–H and O–H groups in total. The van der Waals surface area contributed by atoms with E-state index in [1.807, 2.05) is 10.8 Å². The number of benzene rings is 1. The third-order valence-electron chi connectivity index (χ3n) is 4.45. The maximum absolute atomic E-state index is 9.89. The molecule has 2 aromatic rings. The summed E-state index contributed by atoms with van der Waals surface area (Å²) in [4.78, 5) is 12.8. The highest BCUT2D eigenvalue weighted by atomic mass is 16.6. The lowest BCUT2D eigenvalue weighted by Crippen LogP contribution is -2.30. The van der Waals surface area contributed by atoms with Crippen LogP contribution in [0.15, 0.2) is 30.6 Å². The number of aromatic hydroxyl groups is 1. The van der Waals surface area contributed by atoms with Crippen LogP contribution >= 0.6 is 0 Å². The highest BCUT2D eigenvalue weighted by Gasteiger charge is 2.48. The summed E-state index contributed by atoms with van der Waals surface area (Å²) in [5, 5.41) is 26.6. The first-order valence-electron chi connectivity index (χ1n) is 8.00. The lowest BCUT2D eigenvalue weighted by Gasteiger charge is -2.20. The van der Waals surface area contributed by atoms with Crippen molar-refractivity contribution in [3.05, 3.63) is 30.6 Å². The minimum atomic E-state index is -0.590. The SMILES string of the molecule is COc1ccc(O)cc1-c1nccn1[C@@H]1CO[C@H]2[C@@H]1OC[C@H]2O.O=CO. The molecule has 9 nitrogen and oxygen atoms in total. The van der Waals surface area contributed by atoms with Gasteiger partial charge in [-0.1, -0.05) is 0 Å². The molecule has 3 heterocycles. The van der Waals surface area contributed by atoms with E-state index >= 15 is 0 Å². The van der Waals surface area contributed by atoms with Crippen molar-refractivity contribution in [2.45, 2.75) is 24.4 Å². The molecule has 2 fully saturated rings. The zero-order valence-corrected chi connectivity index (χ0v) is 14.1. The van der Waals surface area contributed by atoms with E-state index in [1.54, 1.807) is 31.5 Å². The number of phenolic OH excluding ortho intramolecular Hbond substituents is 1. The fourth-order valence-corrected chi connectivity index (χ4v) is 3.36. The van der Waals surface area contributed by atoms with Crippen LogP contribution < -0.4 is 4.74 Å². The van der Waals surface area contributed by atoms with Gasteiger partial charge in [-0.2, -0.15) is 0 Å². The summed E-state index contributed by atoms with van der Waals surface area (Å²) < 4.78 is 18.7. The van der Waals surface area contributed by atoms with Gasteiger partial charge in [-0.15, -0.1) is 0 Å². The highest BCUT2D eigenvalue weighted by Crippen LogP contribution is 2.38. The molecule has 0 spiro atoms. The van der Waals surface area contributed by atoms with Gasteiger partial charge in [0.15, 0.2) is 0 Å². The minimum absolute atomic E-state index is 0.0818. The van der Waals surface area contributed by atoms with Gasteiger partial charge in [0, 0.05) is 12.4 Å². The predicted octanol–water partition coefficient (Wildman–Crippen LogP) is 0.665. The Balaban J connectivity index is 0.000000613. The van der Waals surface area contributed by atoms with Crippen LogP contribution in [0.2, 0.25) is 0 Å². The zero-order chi connectivity index (χ0) is 18.7. The molecule has 0 saturated carbocycles. The number of carbonyl (C=O) groups is 1. The molecule has 1 aromatic carbocycles. The van der Waals surface area contributed by atoms with Gasteiger partial charge in [-0.3, -0.25) is 4.79 Å². The van der Waals surface area contributed by atoms with Crippen LogP contribution in [0.3, 0.4) is 0 Å². The van der Waals surface area contributed by atoms with Gasteiger partial charge in [0.1, 0.15) is 35.6 Å². The number of hydrogen-bond donors (Lipinski definition) is 3. The Morgan fingerprint density at radius 2 is 2.04 bits per heavy atom. The molecular formula is C17H20N2O7. The first-order valence-corrected chi connectivity index (χ1v) is 8.00. The lowest BCUT2D eigenvalue weighted by atomic mass is 10.1. The Morgan fingerprint density at radius 1 is 1.31 bits per heavy atom. The van der Waals surface area contributed by atoms with Crippen molar-refractivity contribution in [3.8, 4) is 22.9 Å². The predicted molar refractivity (Wildman–Crippen MR) is 89.1 cm³/mol. The van der Waals surface area contributed by atoms with Gasteiger partial charge in [-0.05, 0) is 18.2 Å². The van der Waals surface area contributed by atoms with E-state index in [1.165, 1.54) is 0 Å². The smallest absolute Gasteiger partial charge is 0.290 e. The average Bonchev–Trinajstić information content (AvgIpc) is 3.33. The van der Waals surface area contributed by atoms with Crippen molar-refractivity contribution in [2.75, 3.05) is 20.3 Å². The van der Waals surface area contributed by atoms with E-state index in [9.17, 15) is 10.2 Å². The third kappa shape index (κ3) is 3.24. The lowest BCUT2D eigenvalue weighted by molar-refractivity contribution is -0.122.